The summed E-state index contributed by atoms with van der Waals surface area (Å²) in [6, 6.07) is 12.0. The Morgan fingerprint density at radius 1 is 1.20 bits per heavy atom. The number of hydrogen-bond donors (Lipinski definition) is 1. The fraction of sp³-hybridized carbons (Fsp3) is 0.294. The van der Waals surface area contributed by atoms with Crippen LogP contribution in [0.3, 0.4) is 0 Å². The minimum Gasteiger partial charge on any atom is -0.493 e. The average Bonchev–Trinajstić information content (AvgIpc) is 2.86. The molecule has 0 saturated heterocycles. The summed E-state index contributed by atoms with van der Waals surface area (Å²) >= 11 is 6.38. The van der Waals surface area contributed by atoms with E-state index in [2.05, 4.69) is 26.0 Å². The summed E-state index contributed by atoms with van der Waals surface area (Å²) in [5.74, 6) is 1.10. The zero-order chi connectivity index (χ0) is 14.3. The second-order valence-corrected chi connectivity index (χ2v) is 5.85. The van der Waals surface area contributed by atoms with Gasteiger partial charge in [-0.2, -0.15) is 0 Å². The van der Waals surface area contributed by atoms with Crippen LogP contribution in [0.5, 0.6) is 5.75 Å². The summed E-state index contributed by atoms with van der Waals surface area (Å²) in [6.45, 7) is 4.76. The lowest BCUT2D eigenvalue weighted by Gasteiger charge is -2.21. The number of aryl methyl sites for hydroxylation is 2. The van der Waals surface area contributed by atoms with Gasteiger partial charge in [0, 0.05) is 22.5 Å². The van der Waals surface area contributed by atoms with Crippen molar-refractivity contribution in [2.45, 2.75) is 25.8 Å². The van der Waals surface area contributed by atoms with Crippen LogP contribution in [-0.2, 0) is 0 Å². The van der Waals surface area contributed by atoms with Crippen molar-refractivity contribution in [2.75, 3.05) is 6.61 Å². The first kappa shape index (κ1) is 13.5. The highest BCUT2D eigenvalue weighted by Crippen LogP contribution is 2.41. The van der Waals surface area contributed by atoms with Gasteiger partial charge in [0.25, 0.3) is 0 Å². The summed E-state index contributed by atoms with van der Waals surface area (Å²) in [5, 5.41) is 0.741. The fourth-order valence-corrected chi connectivity index (χ4v) is 3.10. The average molecular weight is 288 g/mol. The van der Waals surface area contributed by atoms with Gasteiger partial charge in [0.1, 0.15) is 5.75 Å². The van der Waals surface area contributed by atoms with Crippen LogP contribution < -0.4 is 10.5 Å². The minimum absolute atomic E-state index is 0.148. The Balaban J connectivity index is 1.98. The van der Waals surface area contributed by atoms with E-state index < -0.39 is 0 Å². The van der Waals surface area contributed by atoms with Gasteiger partial charge in [-0.25, -0.2) is 0 Å². The Morgan fingerprint density at radius 2 is 1.90 bits per heavy atom. The third kappa shape index (κ3) is 2.19. The lowest BCUT2D eigenvalue weighted by molar-refractivity contribution is 0.315. The largest absolute Gasteiger partial charge is 0.493 e. The van der Waals surface area contributed by atoms with E-state index in [0.29, 0.717) is 6.61 Å². The maximum absolute atomic E-state index is 6.47. The monoisotopic (exact) mass is 287 g/mol. The topological polar surface area (TPSA) is 35.2 Å². The zero-order valence-corrected chi connectivity index (χ0v) is 12.4. The summed E-state index contributed by atoms with van der Waals surface area (Å²) in [7, 11) is 0. The third-order valence-corrected chi connectivity index (χ3v) is 4.47. The molecule has 0 aliphatic carbocycles. The molecule has 20 heavy (non-hydrogen) atoms. The molecule has 1 aliphatic heterocycles. The highest BCUT2D eigenvalue weighted by molar-refractivity contribution is 6.31. The van der Waals surface area contributed by atoms with Crippen LogP contribution in [0.2, 0.25) is 5.02 Å². The quantitative estimate of drug-likeness (QED) is 0.901. The van der Waals surface area contributed by atoms with Crippen LogP contribution in [0.1, 0.15) is 34.2 Å². The SMILES string of the molecule is Cc1cc(Cl)c(C(N)C2COc3ccccc32)cc1C. The summed E-state index contributed by atoms with van der Waals surface area (Å²) in [4.78, 5) is 0. The van der Waals surface area contributed by atoms with Crippen molar-refractivity contribution >= 4 is 11.6 Å². The molecule has 2 unspecified atom stereocenters. The molecule has 3 rings (SSSR count). The number of hydrogen-bond acceptors (Lipinski definition) is 2. The Hall–Kier alpha value is -1.51. The highest BCUT2D eigenvalue weighted by Gasteiger charge is 2.31. The van der Waals surface area contributed by atoms with Gasteiger partial charge >= 0.3 is 0 Å². The molecule has 3 heteroatoms. The third-order valence-electron chi connectivity index (χ3n) is 4.14. The molecule has 1 aliphatic rings. The van der Waals surface area contributed by atoms with Gasteiger partial charge in [0.15, 0.2) is 0 Å². The predicted molar refractivity (Wildman–Crippen MR) is 82.5 cm³/mol. The molecule has 0 aromatic heterocycles. The molecule has 0 spiro atoms. The lowest BCUT2D eigenvalue weighted by atomic mass is 9.88. The van der Waals surface area contributed by atoms with E-state index in [1.54, 1.807) is 0 Å². The molecule has 0 amide bonds. The van der Waals surface area contributed by atoms with Crippen LogP contribution in [0, 0.1) is 13.8 Å². The van der Waals surface area contributed by atoms with Gasteiger partial charge in [-0.3, -0.25) is 0 Å². The number of nitrogens with two attached hydrogens (primary N) is 1. The molecule has 2 atom stereocenters. The first-order valence-corrected chi connectivity index (χ1v) is 7.19. The van der Waals surface area contributed by atoms with Crippen LogP contribution in [0.4, 0.5) is 0 Å². The molecule has 2 N–H and O–H groups in total. The standard InChI is InChI=1S/C17H18ClNO/c1-10-7-13(15(18)8-11(10)2)17(19)14-9-20-16-6-4-3-5-12(14)16/h3-8,14,17H,9,19H2,1-2H3. The van der Waals surface area contributed by atoms with Crippen LogP contribution in [0.25, 0.3) is 0 Å². The van der Waals surface area contributed by atoms with Crippen molar-refractivity contribution in [1.82, 2.24) is 0 Å². The van der Waals surface area contributed by atoms with Crippen molar-refractivity contribution in [2.24, 2.45) is 5.73 Å². The van der Waals surface area contributed by atoms with Crippen molar-refractivity contribution < 1.29 is 4.74 Å². The number of halogens is 1. The number of fused-ring (bicyclic) bond motifs is 1. The van der Waals surface area contributed by atoms with Gasteiger partial charge in [-0.05, 0) is 42.7 Å². The van der Waals surface area contributed by atoms with Crippen molar-refractivity contribution in [1.29, 1.82) is 0 Å². The van der Waals surface area contributed by atoms with Gasteiger partial charge in [0.2, 0.25) is 0 Å². The van der Waals surface area contributed by atoms with Crippen molar-refractivity contribution in [3.05, 3.63) is 63.7 Å². The molecule has 2 aromatic carbocycles. The first-order chi connectivity index (χ1) is 9.58. The van der Waals surface area contributed by atoms with Crippen LogP contribution in [-0.4, -0.2) is 6.61 Å². The number of ether oxygens (including phenoxy) is 1. The number of benzene rings is 2. The molecule has 104 valence electrons. The van der Waals surface area contributed by atoms with E-state index in [1.165, 1.54) is 16.7 Å². The molecular formula is C17H18ClNO. The Kier molecular flexibility index (Phi) is 3.45. The summed E-state index contributed by atoms with van der Waals surface area (Å²) in [6.07, 6.45) is 0. The van der Waals surface area contributed by atoms with E-state index in [-0.39, 0.29) is 12.0 Å². The van der Waals surface area contributed by atoms with Crippen LogP contribution >= 0.6 is 11.6 Å². The molecule has 0 bridgehead atoms. The van der Waals surface area contributed by atoms with Crippen LogP contribution in [0.15, 0.2) is 36.4 Å². The summed E-state index contributed by atoms with van der Waals surface area (Å²) in [5.41, 5.74) is 11.0. The molecule has 1 heterocycles. The molecule has 2 nitrogen and oxygen atoms in total. The Morgan fingerprint density at radius 3 is 2.70 bits per heavy atom. The van der Waals surface area contributed by atoms with Gasteiger partial charge in [-0.15, -0.1) is 0 Å². The molecule has 2 aromatic rings. The van der Waals surface area contributed by atoms with E-state index in [9.17, 15) is 0 Å². The van der Waals surface area contributed by atoms with Gasteiger partial charge < -0.3 is 10.5 Å². The second kappa shape index (κ2) is 5.12. The van der Waals surface area contributed by atoms with Gasteiger partial charge in [0.05, 0.1) is 6.61 Å². The maximum Gasteiger partial charge on any atom is 0.122 e. The van der Waals surface area contributed by atoms with E-state index >= 15 is 0 Å². The Labute approximate surface area is 124 Å². The zero-order valence-electron chi connectivity index (χ0n) is 11.7. The molecule has 0 saturated carbocycles. The van der Waals surface area contributed by atoms with Crippen molar-refractivity contribution in [3.8, 4) is 5.75 Å². The molecule has 0 radical (unpaired) electrons. The molecule has 0 fully saturated rings. The normalized spacial score (nSPS) is 18.5. The summed E-state index contributed by atoms with van der Waals surface area (Å²) < 4.78 is 5.72. The van der Waals surface area contributed by atoms with E-state index in [0.717, 1.165) is 16.3 Å². The fourth-order valence-electron chi connectivity index (χ4n) is 2.76. The smallest absolute Gasteiger partial charge is 0.122 e. The predicted octanol–water partition coefficient (Wildman–Crippen LogP) is 4.13. The van der Waals surface area contributed by atoms with E-state index in [4.69, 9.17) is 22.1 Å². The van der Waals surface area contributed by atoms with E-state index in [1.807, 2.05) is 24.3 Å². The number of rotatable bonds is 2. The van der Waals surface area contributed by atoms with Gasteiger partial charge in [-0.1, -0.05) is 35.9 Å². The molecular weight excluding hydrogens is 270 g/mol. The first-order valence-electron chi connectivity index (χ1n) is 6.82. The number of para-hydroxylation sites is 1. The highest BCUT2D eigenvalue weighted by atomic mass is 35.5. The minimum atomic E-state index is -0.148. The van der Waals surface area contributed by atoms with Crippen molar-refractivity contribution in [3.63, 3.8) is 0 Å². The second-order valence-electron chi connectivity index (χ2n) is 5.44. The Bertz CT molecular complexity index is 653. The lowest BCUT2D eigenvalue weighted by Crippen LogP contribution is -2.21. The maximum atomic E-state index is 6.47.